The van der Waals surface area contributed by atoms with Gasteiger partial charge in [0.15, 0.2) is 5.78 Å². The quantitative estimate of drug-likeness (QED) is 0.261. The van der Waals surface area contributed by atoms with Crippen molar-refractivity contribution in [3.8, 4) is 5.75 Å². The molecule has 4 nitrogen and oxygen atoms in total. The first-order chi connectivity index (χ1) is 17.6. The van der Waals surface area contributed by atoms with E-state index in [2.05, 4.69) is 17.4 Å². The highest BCUT2D eigenvalue weighted by Crippen LogP contribution is 2.44. The van der Waals surface area contributed by atoms with Crippen LogP contribution in [0.4, 0.5) is 0 Å². The topological polar surface area (TPSA) is 55.4 Å². The van der Waals surface area contributed by atoms with Crippen LogP contribution in [0.5, 0.6) is 5.75 Å². The van der Waals surface area contributed by atoms with Gasteiger partial charge in [-0.3, -0.25) is 9.59 Å². The Morgan fingerprint density at radius 3 is 2.28 bits per heavy atom. The van der Waals surface area contributed by atoms with Crippen molar-refractivity contribution in [3.05, 3.63) is 118 Å². The Hall–Kier alpha value is -3.35. The molecule has 0 saturated carbocycles. The zero-order valence-corrected chi connectivity index (χ0v) is 21.7. The molecule has 182 valence electrons. The monoisotopic (exact) mass is 513 g/mol. The zero-order chi connectivity index (χ0) is 24.9. The number of carbonyl (C=O) groups excluding carboxylic acids is 2. The molecule has 0 radical (unpaired) electrons. The van der Waals surface area contributed by atoms with Crippen LogP contribution in [0.1, 0.15) is 54.6 Å². The molecule has 1 atom stereocenters. The molecule has 1 N–H and O–H groups in total. The van der Waals surface area contributed by atoms with E-state index >= 15 is 0 Å². The van der Waals surface area contributed by atoms with E-state index in [0.717, 1.165) is 38.0 Å². The van der Waals surface area contributed by atoms with Gasteiger partial charge in [-0.25, -0.2) is 0 Å². The molecule has 36 heavy (non-hydrogen) atoms. The predicted octanol–water partition coefficient (Wildman–Crippen LogP) is 6.89. The number of thiophene rings is 1. The number of ether oxygens (including phenoxy) is 1. The van der Waals surface area contributed by atoms with Crippen LogP contribution in [0.25, 0.3) is 0 Å². The van der Waals surface area contributed by atoms with Crippen molar-refractivity contribution >= 4 is 34.8 Å². The molecule has 0 aliphatic heterocycles. The lowest BCUT2D eigenvalue weighted by Crippen LogP contribution is -2.25. The van der Waals surface area contributed by atoms with Crippen molar-refractivity contribution in [3.63, 3.8) is 0 Å². The number of methoxy groups -OCH3 is 1. The molecule has 1 aliphatic rings. The van der Waals surface area contributed by atoms with Crippen molar-refractivity contribution < 1.29 is 14.3 Å². The summed E-state index contributed by atoms with van der Waals surface area (Å²) in [5.74, 6) is 1.59. The summed E-state index contributed by atoms with van der Waals surface area (Å²) in [5, 5.41) is 3.07. The second kappa shape index (κ2) is 11.1. The van der Waals surface area contributed by atoms with Crippen LogP contribution >= 0.6 is 23.1 Å². The standard InChI is InChI=1S/C30H27NO3S2/c1-34-24-14-12-22(13-15-24)23-16-25-27(26(32)17-23)30(35-19-21-10-6-3-7-11-21)36-28(25)29(33)31-18-20-8-4-2-5-9-20/h2-15,23H,16-19H2,1H3,(H,31,33). The van der Waals surface area contributed by atoms with E-state index in [-0.39, 0.29) is 17.6 Å². The van der Waals surface area contributed by atoms with Crippen LogP contribution in [0.2, 0.25) is 0 Å². The molecule has 0 fully saturated rings. The number of ketones is 1. The maximum absolute atomic E-state index is 13.5. The van der Waals surface area contributed by atoms with Crippen molar-refractivity contribution in [2.45, 2.75) is 35.3 Å². The summed E-state index contributed by atoms with van der Waals surface area (Å²) < 4.78 is 6.24. The Morgan fingerprint density at radius 1 is 0.944 bits per heavy atom. The van der Waals surface area contributed by atoms with E-state index in [1.165, 1.54) is 16.9 Å². The zero-order valence-electron chi connectivity index (χ0n) is 20.0. The normalized spacial score (nSPS) is 14.8. The SMILES string of the molecule is COc1ccc(C2CC(=O)c3c(SCc4ccccc4)sc(C(=O)NCc4ccccc4)c3C2)cc1. The maximum Gasteiger partial charge on any atom is 0.261 e. The number of thioether (sulfide) groups is 1. The number of carbonyl (C=O) groups is 2. The molecular weight excluding hydrogens is 486 g/mol. The third kappa shape index (κ3) is 5.40. The van der Waals surface area contributed by atoms with Crippen molar-refractivity contribution in [1.29, 1.82) is 0 Å². The number of Topliss-reactive ketones (excluding diaryl/α,β-unsaturated/α-hetero) is 1. The van der Waals surface area contributed by atoms with Crippen molar-refractivity contribution in [2.75, 3.05) is 7.11 Å². The fourth-order valence-corrected chi connectivity index (χ4v) is 7.07. The molecular formula is C30H27NO3S2. The van der Waals surface area contributed by atoms with E-state index in [9.17, 15) is 9.59 Å². The molecule has 1 aromatic heterocycles. The summed E-state index contributed by atoms with van der Waals surface area (Å²) >= 11 is 3.10. The molecule has 0 spiro atoms. The van der Waals surface area contributed by atoms with Crippen LogP contribution in [0.15, 0.2) is 89.1 Å². The van der Waals surface area contributed by atoms with Gasteiger partial charge >= 0.3 is 0 Å². The smallest absolute Gasteiger partial charge is 0.261 e. The van der Waals surface area contributed by atoms with Gasteiger partial charge in [-0.2, -0.15) is 0 Å². The number of hydrogen-bond donors (Lipinski definition) is 1. The van der Waals surface area contributed by atoms with E-state index < -0.39 is 0 Å². The predicted molar refractivity (Wildman–Crippen MR) is 146 cm³/mol. The summed E-state index contributed by atoms with van der Waals surface area (Å²) in [4.78, 5) is 27.5. The number of rotatable bonds is 8. The minimum absolute atomic E-state index is 0.0400. The largest absolute Gasteiger partial charge is 0.497 e. The number of benzene rings is 3. The minimum Gasteiger partial charge on any atom is -0.497 e. The van der Waals surface area contributed by atoms with E-state index in [1.807, 2.05) is 72.8 Å². The third-order valence-electron chi connectivity index (χ3n) is 6.44. The van der Waals surface area contributed by atoms with Crippen LogP contribution in [0, 0.1) is 0 Å². The van der Waals surface area contributed by atoms with Gasteiger partial charge in [0.05, 0.1) is 16.2 Å². The highest BCUT2D eigenvalue weighted by atomic mass is 32.2. The molecule has 1 amide bonds. The lowest BCUT2D eigenvalue weighted by molar-refractivity contribution is 0.0953. The lowest BCUT2D eigenvalue weighted by atomic mass is 9.80. The highest BCUT2D eigenvalue weighted by Gasteiger charge is 2.34. The van der Waals surface area contributed by atoms with Crippen molar-refractivity contribution in [1.82, 2.24) is 5.32 Å². The molecule has 1 unspecified atom stereocenters. The number of hydrogen-bond acceptors (Lipinski definition) is 5. The summed E-state index contributed by atoms with van der Waals surface area (Å²) in [6.45, 7) is 0.453. The Labute approximate surface area is 219 Å². The van der Waals surface area contributed by atoms with Gasteiger partial charge in [0.2, 0.25) is 0 Å². The van der Waals surface area contributed by atoms with Crippen molar-refractivity contribution in [2.24, 2.45) is 0 Å². The minimum atomic E-state index is -0.116. The van der Waals surface area contributed by atoms with Crippen LogP contribution in [0.3, 0.4) is 0 Å². The average molecular weight is 514 g/mol. The average Bonchev–Trinajstić information content (AvgIpc) is 3.31. The number of amides is 1. The second-order valence-electron chi connectivity index (χ2n) is 8.82. The summed E-state index contributed by atoms with van der Waals surface area (Å²) in [6, 6.07) is 28.0. The summed E-state index contributed by atoms with van der Waals surface area (Å²) in [6.07, 6.45) is 1.12. The van der Waals surface area contributed by atoms with Gasteiger partial charge in [-0.05, 0) is 46.7 Å². The highest BCUT2D eigenvalue weighted by molar-refractivity contribution is 8.00. The van der Waals surface area contributed by atoms with Gasteiger partial charge < -0.3 is 10.1 Å². The first-order valence-electron chi connectivity index (χ1n) is 11.9. The Morgan fingerprint density at radius 2 is 1.61 bits per heavy atom. The third-order valence-corrected chi connectivity index (χ3v) is 9.01. The molecule has 3 aromatic carbocycles. The molecule has 6 heteroatoms. The molecule has 0 saturated heterocycles. The fourth-order valence-electron chi connectivity index (χ4n) is 4.54. The lowest BCUT2D eigenvalue weighted by Gasteiger charge is -2.23. The molecule has 5 rings (SSSR count). The molecule has 1 aliphatic carbocycles. The Balaban J connectivity index is 1.44. The van der Waals surface area contributed by atoms with Crippen LogP contribution in [-0.4, -0.2) is 18.8 Å². The molecule has 0 bridgehead atoms. The van der Waals surface area contributed by atoms with Gasteiger partial charge in [0.1, 0.15) is 5.75 Å². The number of nitrogens with one attached hydrogen (secondary N) is 1. The Bertz CT molecular complexity index is 1350. The van der Waals surface area contributed by atoms with Gasteiger partial charge in [0, 0.05) is 24.3 Å². The maximum atomic E-state index is 13.5. The molecule has 4 aromatic rings. The fraction of sp³-hybridized carbons (Fsp3) is 0.200. The van der Waals surface area contributed by atoms with Crippen LogP contribution < -0.4 is 10.1 Å². The summed E-state index contributed by atoms with van der Waals surface area (Å²) in [5.41, 5.74) is 4.96. The van der Waals surface area contributed by atoms with Gasteiger partial charge in [-0.1, -0.05) is 72.8 Å². The van der Waals surface area contributed by atoms with Crippen LogP contribution in [-0.2, 0) is 18.7 Å². The van der Waals surface area contributed by atoms with Gasteiger partial charge in [0.25, 0.3) is 5.91 Å². The Kier molecular flexibility index (Phi) is 7.54. The van der Waals surface area contributed by atoms with E-state index in [1.54, 1.807) is 18.9 Å². The first-order valence-corrected chi connectivity index (χ1v) is 13.7. The second-order valence-corrected chi connectivity index (χ2v) is 11.1. The number of fused-ring (bicyclic) bond motifs is 1. The van der Waals surface area contributed by atoms with E-state index in [4.69, 9.17) is 4.74 Å². The first kappa shape index (κ1) is 24.3. The molecule has 1 heterocycles. The van der Waals surface area contributed by atoms with E-state index in [0.29, 0.717) is 24.3 Å². The van der Waals surface area contributed by atoms with Gasteiger partial charge in [-0.15, -0.1) is 23.1 Å². The summed E-state index contributed by atoms with van der Waals surface area (Å²) in [7, 11) is 1.64.